The van der Waals surface area contributed by atoms with Gasteiger partial charge >= 0.3 is 5.97 Å². The van der Waals surface area contributed by atoms with Crippen LogP contribution < -0.4 is 0 Å². The van der Waals surface area contributed by atoms with Crippen LogP contribution in [0.25, 0.3) is 0 Å². The van der Waals surface area contributed by atoms with Crippen molar-refractivity contribution in [2.24, 2.45) is 0 Å². The Kier molecular flexibility index (Phi) is 3.94. The highest BCUT2D eigenvalue weighted by atomic mass is 16.5. The summed E-state index contributed by atoms with van der Waals surface area (Å²) in [6.45, 7) is 0. The summed E-state index contributed by atoms with van der Waals surface area (Å²) in [6, 6.07) is 8.89. The standard InChI is InChI=1S/C12H9NO2/c1-15-12(14)9-11-5-2-4-10(8-11)6-3-7-13/h2,4-5,8H,9H2,1H3. The fraction of sp³-hybridized carbons (Fsp3) is 0.167. The Labute approximate surface area is 88.3 Å². The maximum atomic E-state index is 11.0. The number of hydrogen-bond acceptors (Lipinski definition) is 3. The highest BCUT2D eigenvalue weighted by molar-refractivity contribution is 5.72. The SMILES string of the molecule is COC(=O)Cc1cccc(C#CC#N)c1. The minimum Gasteiger partial charge on any atom is -0.469 e. The number of ether oxygens (including phenoxy) is 1. The molecule has 0 aliphatic carbocycles. The maximum absolute atomic E-state index is 11.0. The monoisotopic (exact) mass is 199 g/mol. The molecule has 3 heteroatoms. The molecule has 0 saturated heterocycles. The van der Waals surface area contributed by atoms with Crippen molar-refractivity contribution in [3.63, 3.8) is 0 Å². The average molecular weight is 199 g/mol. The van der Waals surface area contributed by atoms with Gasteiger partial charge in [-0.05, 0) is 17.7 Å². The lowest BCUT2D eigenvalue weighted by atomic mass is 10.1. The first-order valence-electron chi connectivity index (χ1n) is 4.32. The Morgan fingerprint density at radius 1 is 1.53 bits per heavy atom. The summed E-state index contributed by atoms with van der Waals surface area (Å²) in [4.78, 5) is 11.0. The van der Waals surface area contributed by atoms with E-state index in [-0.39, 0.29) is 12.4 Å². The smallest absolute Gasteiger partial charge is 0.309 e. The van der Waals surface area contributed by atoms with Gasteiger partial charge in [0.2, 0.25) is 0 Å². The van der Waals surface area contributed by atoms with E-state index in [2.05, 4.69) is 16.6 Å². The molecule has 0 aromatic heterocycles. The molecule has 0 bridgehead atoms. The van der Waals surface area contributed by atoms with Gasteiger partial charge in [-0.1, -0.05) is 18.1 Å². The van der Waals surface area contributed by atoms with Gasteiger partial charge in [-0.2, -0.15) is 5.26 Å². The molecule has 0 N–H and O–H groups in total. The molecule has 0 radical (unpaired) electrons. The number of carbonyl (C=O) groups excluding carboxylic acids is 1. The molecule has 1 aromatic rings. The number of methoxy groups -OCH3 is 1. The van der Waals surface area contributed by atoms with Crippen molar-refractivity contribution in [1.82, 2.24) is 0 Å². The van der Waals surface area contributed by atoms with Crippen LogP contribution in [-0.2, 0) is 16.0 Å². The summed E-state index contributed by atoms with van der Waals surface area (Å²) >= 11 is 0. The number of hydrogen-bond donors (Lipinski definition) is 0. The molecular weight excluding hydrogens is 190 g/mol. The highest BCUT2D eigenvalue weighted by Crippen LogP contribution is 2.05. The topological polar surface area (TPSA) is 50.1 Å². The molecule has 74 valence electrons. The molecule has 0 heterocycles. The summed E-state index contributed by atoms with van der Waals surface area (Å²) < 4.78 is 4.55. The summed E-state index contributed by atoms with van der Waals surface area (Å²) in [5, 5.41) is 8.28. The van der Waals surface area contributed by atoms with E-state index in [9.17, 15) is 4.79 Å². The average Bonchev–Trinajstić information content (AvgIpc) is 2.26. The molecule has 0 aliphatic rings. The van der Waals surface area contributed by atoms with Crippen LogP contribution in [0.15, 0.2) is 24.3 Å². The van der Waals surface area contributed by atoms with Gasteiger partial charge in [0.05, 0.1) is 13.5 Å². The molecule has 0 aliphatic heterocycles. The van der Waals surface area contributed by atoms with Gasteiger partial charge in [0, 0.05) is 11.5 Å². The molecule has 0 amide bonds. The van der Waals surface area contributed by atoms with Gasteiger partial charge < -0.3 is 4.74 Å². The van der Waals surface area contributed by atoms with Gasteiger partial charge in [-0.25, -0.2) is 0 Å². The number of rotatable bonds is 2. The van der Waals surface area contributed by atoms with Crippen molar-refractivity contribution in [2.45, 2.75) is 6.42 Å². The Morgan fingerprint density at radius 3 is 3.00 bits per heavy atom. The molecule has 15 heavy (non-hydrogen) atoms. The molecule has 3 nitrogen and oxygen atoms in total. The molecule has 0 saturated carbocycles. The van der Waals surface area contributed by atoms with E-state index in [1.807, 2.05) is 6.07 Å². The van der Waals surface area contributed by atoms with Crippen molar-refractivity contribution in [3.8, 4) is 17.9 Å². The second-order valence-corrected chi connectivity index (χ2v) is 2.82. The van der Waals surface area contributed by atoms with Crippen molar-refractivity contribution >= 4 is 5.97 Å². The van der Waals surface area contributed by atoms with Crippen LogP contribution in [0, 0.1) is 23.2 Å². The van der Waals surface area contributed by atoms with E-state index in [1.165, 1.54) is 7.11 Å². The summed E-state index contributed by atoms with van der Waals surface area (Å²) in [6.07, 6.45) is 0.221. The third-order valence-electron chi connectivity index (χ3n) is 1.77. The van der Waals surface area contributed by atoms with E-state index in [0.717, 1.165) is 11.1 Å². The number of esters is 1. The van der Waals surface area contributed by atoms with Gasteiger partial charge in [0.25, 0.3) is 0 Å². The van der Waals surface area contributed by atoms with E-state index < -0.39 is 0 Å². The fourth-order valence-electron chi connectivity index (χ4n) is 1.10. The minimum atomic E-state index is -0.291. The van der Waals surface area contributed by atoms with Gasteiger partial charge in [0.15, 0.2) is 6.07 Å². The quantitative estimate of drug-likeness (QED) is 0.532. The van der Waals surface area contributed by atoms with Crippen molar-refractivity contribution in [2.75, 3.05) is 7.11 Å². The zero-order valence-corrected chi connectivity index (χ0v) is 8.28. The second-order valence-electron chi connectivity index (χ2n) is 2.82. The molecule has 1 rings (SSSR count). The Morgan fingerprint density at radius 2 is 2.33 bits per heavy atom. The molecule has 0 spiro atoms. The van der Waals surface area contributed by atoms with E-state index >= 15 is 0 Å². The Hall–Kier alpha value is -2.26. The predicted octanol–water partition coefficient (Wildman–Crippen LogP) is 1.28. The normalized spacial score (nSPS) is 8.27. The van der Waals surface area contributed by atoms with Gasteiger partial charge in [-0.15, -0.1) is 0 Å². The van der Waals surface area contributed by atoms with Crippen LogP contribution in [0.1, 0.15) is 11.1 Å². The van der Waals surface area contributed by atoms with E-state index in [4.69, 9.17) is 5.26 Å². The highest BCUT2D eigenvalue weighted by Gasteiger charge is 2.02. The first kappa shape index (κ1) is 10.8. The lowest BCUT2D eigenvalue weighted by Crippen LogP contribution is -2.04. The van der Waals surface area contributed by atoms with Crippen molar-refractivity contribution in [1.29, 1.82) is 5.26 Å². The third-order valence-corrected chi connectivity index (χ3v) is 1.77. The molecule has 0 fully saturated rings. The van der Waals surface area contributed by atoms with Gasteiger partial charge in [0.1, 0.15) is 0 Å². The lowest BCUT2D eigenvalue weighted by molar-refractivity contribution is -0.139. The Balaban J connectivity index is 2.84. The van der Waals surface area contributed by atoms with E-state index in [0.29, 0.717) is 0 Å². The minimum absolute atomic E-state index is 0.221. The van der Waals surface area contributed by atoms with Crippen LogP contribution in [0.5, 0.6) is 0 Å². The van der Waals surface area contributed by atoms with Crippen molar-refractivity contribution in [3.05, 3.63) is 35.4 Å². The summed E-state index contributed by atoms with van der Waals surface area (Å²) in [5.74, 6) is 4.67. The number of benzene rings is 1. The first-order valence-corrected chi connectivity index (χ1v) is 4.32. The van der Waals surface area contributed by atoms with Crippen LogP contribution in [0.3, 0.4) is 0 Å². The fourth-order valence-corrected chi connectivity index (χ4v) is 1.10. The number of nitriles is 1. The molecular formula is C12H9NO2. The van der Waals surface area contributed by atoms with E-state index in [1.54, 1.807) is 24.3 Å². The number of nitrogens with zero attached hydrogens (tertiary/aromatic N) is 1. The zero-order chi connectivity index (χ0) is 11.1. The second kappa shape index (κ2) is 5.47. The Bertz CT molecular complexity index is 460. The largest absolute Gasteiger partial charge is 0.469 e. The molecule has 0 atom stereocenters. The predicted molar refractivity (Wildman–Crippen MR) is 54.7 cm³/mol. The third kappa shape index (κ3) is 3.54. The summed E-state index contributed by atoms with van der Waals surface area (Å²) in [7, 11) is 1.35. The maximum Gasteiger partial charge on any atom is 0.309 e. The first-order chi connectivity index (χ1) is 7.26. The summed E-state index contributed by atoms with van der Waals surface area (Å²) in [5.41, 5.74) is 1.55. The number of carbonyl (C=O) groups is 1. The van der Waals surface area contributed by atoms with Gasteiger partial charge in [-0.3, -0.25) is 4.79 Å². The zero-order valence-electron chi connectivity index (χ0n) is 8.28. The molecule has 1 aromatic carbocycles. The van der Waals surface area contributed by atoms with Crippen LogP contribution in [-0.4, -0.2) is 13.1 Å². The van der Waals surface area contributed by atoms with Crippen LogP contribution >= 0.6 is 0 Å². The van der Waals surface area contributed by atoms with Crippen LogP contribution in [0.4, 0.5) is 0 Å². The molecule has 0 unspecified atom stereocenters. The van der Waals surface area contributed by atoms with Crippen LogP contribution in [0.2, 0.25) is 0 Å². The lowest BCUT2D eigenvalue weighted by Gasteiger charge is -1.99. The van der Waals surface area contributed by atoms with Crippen molar-refractivity contribution < 1.29 is 9.53 Å².